The zero-order valence-electron chi connectivity index (χ0n) is 10.9. The van der Waals surface area contributed by atoms with Gasteiger partial charge < -0.3 is 5.11 Å². The van der Waals surface area contributed by atoms with Gasteiger partial charge in [0.15, 0.2) is 0 Å². The Morgan fingerprint density at radius 3 is 1.79 bits per heavy atom. The van der Waals surface area contributed by atoms with Crippen LogP contribution in [0.3, 0.4) is 0 Å². The highest BCUT2D eigenvalue weighted by Crippen LogP contribution is 2.34. The lowest BCUT2D eigenvalue weighted by atomic mass is 9.74. The summed E-state index contributed by atoms with van der Waals surface area (Å²) in [5.74, 6) is 0.562. The molecule has 0 aliphatic rings. The summed E-state index contributed by atoms with van der Waals surface area (Å²) in [5.41, 5.74) is 0.540. The summed E-state index contributed by atoms with van der Waals surface area (Å²) in [7, 11) is 0. The molecular weight excluding hydrogens is 172 g/mol. The van der Waals surface area contributed by atoms with Gasteiger partial charge in [0.1, 0.15) is 0 Å². The van der Waals surface area contributed by atoms with Gasteiger partial charge in [0, 0.05) is 6.61 Å². The third kappa shape index (κ3) is 4.99. The molecule has 0 amide bonds. The largest absolute Gasteiger partial charge is 0.396 e. The Hall–Kier alpha value is -0.0400. The van der Waals surface area contributed by atoms with Gasteiger partial charge in [-0.1, -0.05) is 48.0 Å². The molecule has 0 aromatic rings. The second kappa shape index (κ2) is 5.16. The maximum Gasteiger partial charge on any atom is 0.0487 e. The molecule has 0 saturated heterocycles. The summed E-state index contributed by atoms with van der Waals surface area (Å²) < 4.78 is 0. The lowest BCUT2D eigenvalue weighted by Crippen LogP contribution is -2.28. The van der Waals surface area contributed by atoms with E-state index in [1.54, 1.807) is 0 Å². The molecule has 0 aromatic heterocycles. The quantitative estimate of drug-likeness (QED) is 0.714. The molecule has 0 spiro atoms. The Balaban J connectivity index is 3.97. The molecule has 1 unspecified atom stereocenters. The second-order valence-electron chi connectivity index (χ2n) is 6.38. The zero-order valence-corrected chi connectivity index (χ0v) is 10.9. The van der Waals surface area contributed by atoms with E-state index >= 15 is 0 Å². The van der Waals surface area contributed by atoms with Crippen LogP contribution in [0.15, 0.2) is 0 Å². The lowest BCUT2D eigenvalue weighted by molar-refractivity contribution is 0.0796. The predicted octanol–water partition coefficient (Wildman–Crippen LogP) is 3.86. The monoisotopic (exact) mass is 200 g/mol. The summed E-state index contributed by atoms with van der Waals surface area (Å²) >= 11 is 0. The van der Waals surface area contributed by atoms with Crippen LogP contribution in [0.1, 0.15) is 60.8 Å². The topological polar surface area (TPSA) is 20.2 Å². The van der Waals surface area contributed by atoms with E-state index in [2.05, 4.69) is 41.5 Å². The molecule has 86 valence electrons. The molecule has 0 aliphatic heterocycles. The number of hydrogen-bond acceptors (Lipinski definition) is 1. The van der Waals surface area contributed by atoms with Crippen LogP contribution in [-0.2, 0) is 0 Å². The van der Waals surface area contributed by atoms with Gasteiger partial charge in [0.05, 0.1) is 0 Å². The molecule has 1 N–H and O–H groups in total. The molecule has 0 aromatic carbocycles. The van der Waals surface area contributed by atoms with Gasteiger partial charge in [-0.3, -0.25) is 0 Å². The Kier molecular flexibility index (Phi) is 5.14. The number of hydrogen-bond donors (Lipinski definition) is 1. The van der Waals surface area contributed by atoms with Crippen molar-refractivity contribution >= 4 is 0 Å². The van der Waals surface area contributed by atoms with Gasteiger partial charge in [0.25, 0.3) is 0 Å². The fraction of sp³-hybridized carbons (Fsp3) is 1.00. The van der Waals surface area contributed by atoms with E-state index in [-0.39, 0.29) is 5.41 Å². The van der Waals surface area contributed by atoms with Crippen LogP contribution in [0, 0.1) is 16.7 Å². The maximum absolute atomic E-state index is 9.39. The van der Waals surface area contributed by atoms with E-state index in [0.717, 1.165) is 6.42 Å². The molecule has 14 heavy (non-hydrogen) atoms. The molecule has 0 heterocycles. The fourth-order valence-electron chi connectivity index (χ4n) is 1.57. The summed E-state index contributed by atoms with van der Waals surface area (Å²) in [6.45, 7) is 13.7. The van der Waals surface area contributed by atoms with Crippen LogP contribution in [-0.4, -0.2) is 11.7 Å². The molecule has 1 atom stereocenters. The van der Waals surface area contributed by atoms with Crippen molar-refractivity contribution in [1.82, 2.24) is 0 Å². The third-order valence-corrected chi connectivity index (χ3v) is 3.43. The minimum absolute atomic E-state index is 0.116. The van der Waals surface area contributed by atoms with Crippen LogP contribution in [0.4, 0.5) is 0 Å². The van der Waals surface area contributed by atoms with Gasteiger partial charge in [-0.15, -0.1) is 0 Å². The average molecular weight is 200 g/mol. The SMILES string of the molecule is CC(C)C(C)(CO)CCCC(C)(C)C. The third-order valence-electron chi connectivity index (χ3n) is 3.43. The minimum atomic E-state index is 0.116. The molecule has 0 rings (SSSR count). The maximum atomic E-state index is 9.39. The molecule has 1 nitrogen and oxygen atoms in total. The molecule has 0 bridgehead atoms. The van der Waals surface area contributed by atoms with Crippen molar-refractivity contribution in [1.29, 1.82) is 0 Å². The second-order valence-corrected chi connectivity index (χ2v) is 6.38. The van der Waals surface area contributed by atoms with Gasteiger partial charge >= 0.3 is 0 Å². The van der Waals surface area contributed by atoms with Crippen molar-refractivity contribution in [2.75, 3.05) is 6.61 Å². The summed E-state index contributed by atoms with van der Waals surface area (Å²) in [6, 6.07) is 0. The highest BCUT2D eigenvalue weighted by Gasteiger charge is 2.27. The van der Waals surface area contributed by atoms with Crippen LogP contribution < -0.4 is 0 Å². The first-order valence-electron chi connectivity index (χ1n) is 5.82. The first kappa shape index (κ1) is 14.0. The van der Waals surface area contributed by atoms with Crippen LogP contribution in [0.25, 0.3) is 0 Å². The smallest absolute Gasteiger partial charge is 0.0487 e. The molecule has 0 fully saturated rings. The Labute approximate surface area is 89.9 Å². The van der Waals surface area contributed by atoms with Crippen molar-refractivity contribution in [2.24, 2.45) is 16.7 Å². The van der Waals surface area contributed by atoms with Crippen LogP contribution in [0.5, 0.6) is 0 Å². The first-order chi connectivity index (χ1) is 6.21. The highest BCUT2D eigenvalue weighted by molar-refractivity contribution is 4.77. The lowest BCUT2D eigenvalue weighted by Gasteiger charge is -2.32. The van der Waals surface area contributed by atoms with Crippen LogP contribution >= 0.6 is 0 Å². The predicted molar refractivity (Wildman–Crippen MR) is 63.3 cm³/mol. The minimum Gasteiger partial charge on any atom is -0.396 e. The summed E-state index contributed by atoms with van der Waals surface area (Å²) in [4.78, 5) is 0. The Morgan fingerprint density at radius 2 is 1.50 bits per heavy atom. The van der Waals surface area contributed by atoms with Crippen molar-refractivity contribution in [3.8, 4) is 0 Å². The summed E-state index contributed by atoms with van der Waals surface area (Å²) in [5, 5.41) is 9.39. The highest BCUT2D eigenvalue weighted by atomic mass is 16.3. The number of aliphatic hydroxyl groups excluding tert-OH is 1. The normalized spacial score (nSPS) is 17.1. The molecular formula is C13H28O. The molecule has 0 radical (unpaired) electrons. The molecule has 0 aliphatic carbocycles. The average Bonchev–Trinajstić information content (AvgIpc) is 2.01. The molecule has 0 saturated carbocycles. The van der Waals surface area contributed by atoms with Gasteiger partial charge in [-0.2, -0.15) is 0 Å². The summed E-state index contributed by atoms with van der Waals surface area (Å²) in [6.07, 6.45) is 3.60. The van der Waals surface area contributed by atoms with E-state index in [4.69, 9.17) is 0 Å². The Bertz CT molecular complexity index is 155. The van der Waals surface area contributed by atoms with E-state index in [0.29, 0.717) is 17.9 Å². The van der Waals surface area contributed by atoms with Crippen molar-refractivity contribution in [2.45, 2.75) is 60.8 Å². The van der Waals surface area contributed by atoms with Gasteiger partial charge in [0.2, 0.25) is 0 Å². The van der Waals surface area contributed by atoms with E-state index in [1.807, 2.05) is 0 Å². The van der Waals surface area contributed by atoms with Crippen LogP contribution in [0.2, 0.25) is 0 Å². The first-order valence-corrected chi connectivity index (χ1v) is 5.82. The fourth-order valence-corrected chi connectivity index (χ4v) is 1.57. The number of rotatable bonds is 5. The van der Waals surface area contributed by atoms with E-state index in [1.165, 1.54) is 12.8 Å². The molecule has 1 heteroatoms. The van der Waals surface area contributed by atoms with E-state index < -0.39 is 0 Å². The Morgan fingerprint density at radius 1 is 1.00 bits per heavy atom. The van der Waals surface area contributed by atoms with Gasteiger partial charge in [-0.05, 0) is 29.6 Å². The van der Waals surface area contributed by atoms with Gasteiger partial charge in [-0.25, -0.2) is 0 Å². The zero-order chi connectivity index (χ0) is 11.4. The van der Waals surface area contributed by atoms with Crippen molar-refractivity contribution in [3.63, 3.8) is 0 Å². The van der Waals surface area contributed by atoms with E-state index in [9.17, 15) is 5.11 Å². The van der Waals surface area contributed by atoms with Crippen molar-refractivity contribution in [3.05, 3.63) is 0 Å². The number of aliphatic hydroxyl groups is 1. The standard InChI is InChI=1S/C13H28O/c1-11(2)13(6,10-14)9-7-8-12(3,4)5/h11,14H,7-10H2,1-6H3. The van der Waals surface area contributed by atoms with Crippen molar-refractivity contribution < 1.29 is 5.11 Å².